The van der Waals surface area contributed by atoms with Crippen molar-refractivity contribution in [3.8, 4) is 11.5 Å². The van der Waals surface area contributed by atoms with Crippen LogP contribution < -0.4 is 20.1 Å². The fourth-order valence-corrected chi connectivity index (χ4v) is 1.82. The van der Waals surface area contributed by atoms with Gasteiger partial charge in [-0.25, -0.2) is 0 Å². The highest BCUT2D eigenvalue weighted by Crippen LogP contribution is 2.28. The second-order valence-electron chi connectivity index (χ2n) is 4.90. The van der Waals surface area contributed by atoms with Crippen molar-refractivity contribution in [2.45, 2.75) is 26.3 Å². The van der Waals surface area contributed by atoms with E-state index in [2.05, 4.69) is 10.6 Å². The monoisotopic (exact) mass is 268 g/mol. The molecule has 0 unspecified atom stereocenters. The fourth-order valence-electron chi connectivity index (χ4n) is 1.41. The Kier molecular flexibility index (Phi) is 4.78. The molecule has 4 nitrogen and oxygen atoms in total. The molecule has 0 amide bonds. The average molecular weight is 268 g/mol. The van der Waals surface area contributed by atoms with E-state index in [1.54, 1.807) is 14.2 Å². The third kappa shape index (κ3) is 4.41. The van der Waals surface area contributed by atoms with Crippen LogP contribution in [0.4, 0.5) is 5.69 Å². The summed E-state index contributed by atoms with van der Waals surface area (Å²) in [5, 5.41) is 6.84. The Morgan fingerprint density at radius 3 is 2.33 bits per heavy atom. The maximum Gasteiger partial charge on any atom is 0.171 e. The van der Waals surface area contributed by atoms with Crippen LogP contribution in [0.25, 0.3) is 0 Å². The molecule has 0 aromatic heterocycles. The lowest BCUT2D eigenvalue weighted by molar-refractivity contribution is 0.405. The Labute approximate surface area is 114 Å². The number of hydrogen-bond acceptors (Lipinski definition) is 3. The molecule has 5 heteroatoms. The normalized spacial score (nSPS) is 10.7. The van der Waals surface area contributed by atoms with Gasteiger partial charge in [-0.2, -0.15) is 0 Å². The summed E-state index contributed by atoms with van der Waals surface area (Å²) < 4.78 is 10.4. The predicted octanol–water partition coefficient (Wildman–Crippen LogP) is 2.79. The Morgan fingerprint density at radius 1 is 1.17 bits per heavy atom. The fraction of sp³-hybridized carbons (Fsp3) is 0.462. The molecule has 1 rings (SSSR count). The van der Waals surface area contributed by atoms with Gasteiger partial charge in [-0.1, -0.05) is 0 Å². The van der Waals surface area contributed by atoms with Crippen LogP contribution in [0.15, 0.2) is 18.2 Å². The van der Waals surface area contributed by atoms with Crippen LogP contribution in [0.5, 0.6) is 11.5 Å². The van der Waals surface area contributed by atoms with Crippen molar-refractivity contribution in [1.82, 2.24) is 5.32 Å². The number of rotatable bonds is 3. The minimum atomic E-state index is -0.0871. The van der Waals surface area contributed by atoms with Gasteiger partial charge in [-0.15, -0.1) is 0 Å². The number of hydrogen-bond donors (Lipinski definition) is 2. The lowest BCUT2D eigenvalue weighted by atomic mass is 10.1. The first-order chi connectivity index (χ1) is 8.35. The van der Waals surface area contributed by atoms with Crippen LogP contribution in [0, 0.1) is 0 Å². The van der Waals surface area contributed by atoms with Gasteiger partial charge in [-0.3, -0.25) is 0 Å². The highest BCUT2D eigenvalue weighted by atomic mass is 32.1. The molecule has 1 aromatic rings. The van der Waals surface area contributed by atoms with Crippen molar-refractivity contribution in [3.05, 3.63) is 18.2 Å². The molecule has 0 radical (unpaired) electrons. The van der Waals surface area contributed by atoms with E-state index in [9.17, 15) is 0 Å². The van der Waals surface area contributed by atoms with Gasteiger partial charge in [0.1, 0.15) is 11.5 Å². The number of nitrogens with one attached hydrogen (secondary N) is 2. The third-order valence-corrected chi connectivity index (χ3v) is 2.35. The van der Waals surface area contributed by atoms with Crippen LogP contribution >= 0.6 is 12.2 Å². The molecule has 1 aromatic carbocycles. The highest BCUT2D eigenvalue weighted by Gasteiger charge is 2.13. The average Bonchev–Trinajstić information content (AvgIpc) is 2.26. The van der Waals surface area contributed by atoms with E-state index in [4.69, 9.17) is 21.7 Å². The van der Waals surface area contributed by atoms with Gasteiger partial charge < -0.3 is 20.1 Å². The van der Waals surface area contributed by atoms with Gasteiger partial charge in [0.15, 0.2) is 5.11 Å². The van der Waals surface area contributed by atoms with E-state index in [1.165, 1.54) is 0 Å². The van der Waals surface area contributed by atoms with Gasteiger partial charge >= 0.3 is 0 Å². The molecule has 0 atom stereocenters. The second-order valence-corrected chi connectivity index (χ2v) is 5.30. The van der Waals surface area contributed by atoms with Gasteiger partial charge in [0.25, 0.3) is 0 Å². The van der Waals surface area contributed by atoms with E-state index in [0.29, 0.717) is 10.9 Å². The molecule has 0 aliphatic carbocycles. The number of benzene rings is 1. The van der Waals surface area contributed by atoms with Crippen molar-refractivity contribution < 1.29 is 9.47 Å². The Bertz CT molecular complexity index is 427. The summed E-state index contributed by atoms with van der Waals surface area (Å²) in [7, 11) is 3.24. The van der Waals surface area contributed by atoms with Crippen LogP contribution in [0.1, 0.15) is 20.8 Å². The summed E-state index contributed by atoms with van der Waals surface area (Å²) >= 11 is 5.25. The molecule has 0 saturated carbocycles. The molecule has 0 heterocycles. The van der Waals surface area contributed by atoms with Crippen molar-refractivity contribution in [1.29, 1.82) is 0 Å². The molecule has 0 spiro atoms. The molecule has 0 fully saturated rings. The second kappa shape index (κ2) is 5.91. The zero-order valence-corrected chi connectivity index (χ0v) is 12.3. The number of methoxy groups -OCH3 is 2. The SMILES string of the molecule is COc1ccc(OC)c(NC(=S)NC(C)(C)C)c1. The van der Waals surface area contributed by atoms with Gasteiger partial charge in [-0.05, 0) is 45.1 Å². The summed E-state index contributed by atoms with van der Waals surface area (Å²) in [5.74, 6) is 1.46. The quantitative estimate of drug-likeness (QED) is 0.825. The molecule has 100 valence electrons. The zero-order valence-electron chi connectivity index (χ0n) is 11.5. The first-order valence-electron chi connectivity index (χ1n) is 5.67. The number of anilines is 1. The largest absolute Gasteiger partial charge is 0.497 e. The van der Waals surface area contributed by atoms with E-state index < -0.39 is 0 Å². The first kappa shape index (κ1) is 14.6. The minimum absolute atomic E-state index is 0.0871. The molecule has 0 bridgehead atoms. The lowest BCUT2D eigenvalue weighted by Crippen LogP contribution is -2.42. The summed E-state index contributed by atoms with van der Waals surface area (Å²) in [6.45, 7) is 6.14. The number of thiocarbonyl (C=S) groups is 1. The number of ether oxygens (including phenoxy) is 2. The highest BCUT2D eigenvalue weighted by molar-refractivity contribution is 7.80. The maximum atomic E-state index is 5.27. The van der Waals surface area contributed by atoms with Crippen LogP contribution in [-0.4, -0.2) is 24.9 Å². The van der Waals surface area contributed by atoms with Crippen LogP contribution in [-0.2, 0) is 0 Å². The summed E-state index contributed by atoms with van der Waals surface area (Å²) in [5.41, 5.74) is 0.689. The smallest absolute Gasteiger partial charge is 0.171 e. The van der Waals surface area contributed by atoms with Gasteiger partial charge in [0.2, 0.25) is 0 Å². The van der Waals surface area contributed by atoms with Crippen molar-refractivity contribution >= 4 is 23.0 Å². The molecular formula is C13H20N2O2S. The Hall–Kier alpha value is -1.49. The molecule has 2 N–H and O–H groups in total. The Morgan fingerprint density at radius 2 is 1.83 bits per heavy atom. The molecule has 18 heavy (non-hydrogen) atoms. The summed E-state index contributed by atoms with van der Waals surface area (Å²) in [6, 6.07) is 5.51. The first-order valence-corrected chi connectivity index (χ1v) is 6.08. The van der Waals surface area contributed by atoms with Crippen LogP contribution in [0.3, 0.4) is 0 Å². The third-order valence-electron chi connectivity index (χ3n) is 2.14. The minimum Gasteiger partial charge on any atom is -0.497 e. The van der Waals surface area contributed by atoms with Gasteiger partial charge in [0.05, 0.1) is 19.9 Å². The topological polar surface area (TPSA) is 42.5 Å². The van der Waals surface area contributed by atoms with E-state index in [-0.39, 0.29) is 5.54 Å². The Balaban J connectivity index is 2.85. The molecule has 0 aliphatic heterocycles. The van der Waals surface area contributed by atoms with Crippen molar-refractivity contribution in [3.63, 3.8) is 0 Å². The predicted molar refractivity (Wildman–Crippen MR) is 78.7 cm³/mol. The molecule has 0 saturated heterocycles. The van der Waals surface area contributed by atoms with E-state index in [0.717, 1.165) is 11.4 Å². The van der Waals surface area contributed by atoms with E-state index >= 15 is 0 Å². The lowest BCUT2D eigenvalue weighted by Gasteiger charge is -2.23. The van der Waals surface area contributed by atoms with Crippen LogP contribution in [0.2, 0.25) is 0 Å². The van der Waals surface area contributed by atoms with Crippen molar-refractivity contribution in [2.75, 3.05) is 19.5 Å². The molecule has 0 aliphatic rings. The summed E-state index contributed by atoms with van der Waals surface area (Å²) in [6.07, 6.45) is 0. The van der Waals surface area contributed by atoms with Gasteiger partial charge in [0, 0.05) is 11.6 Å². The molecular weight excluding hydrogens is 248 g/mol. The zero-order chi connectivity index (χ0) is 13.8. The van der Waals surface area contributed by atoms with E-state index in [1.807, 2.05) is 39.0 Å². The maximum absolute atomic E-state index is 5.27. The summed E-state index contributed by atoms with van der Waals surface area (Å²) in [4.78, 5) is 0. The van der Waals surface area contributed by atoms with Crippen molar-refractivity contribution in [2.24, 2.45) is 0 Å². The standard InChI is InChI=1S/C13H20N2O2S/c1-13(2,3)15-12(18)14-10-8-9(16-4)6-7-11(10)17-5/h6-8H,1-5H3,(H2,14,15,18).